The summed E-state index contributed by atoms with van der Waals surface area (Å²) in [6, 6.07) is 10.0. The van der Waals surface area contributed by atoms with E-state index < -0.39 is 0 Å². The summed E-state index contributed by atoms with van der Waals surface area (Å²) in [5, 5.41) is 9.54. The molecule has 0 spiro atoms. The van der Waals surface area contributed by atoms with Crippen LogP contribution in [-0.4, -0.2) is 14.8 Å². The number of thiophene rings is 1. The van der Waals surface area contributed by atoms with Crippen LogP contribution in [0.15, 0.2) is 56.6 Å². The Morgan fingerprint density at radius 1 is 1.26 bits per heavy atom. The first-order valence-electron chi connectivity index (χ1n) is 7.05. The van der Waals surface area contributed by atoms with Crippen LogP contribution in [0.5, 0.6) is 0 Å². The van der Waals surface area contributed by atoms with E-state index in [9.17, 15) is 4.79 Å². The highest BCUT2D eigenvalue weighted by atomic mass is 79.9. The van der Waals surface area contributed by atoms with Crippen LogP contribution in [-0.2, 0) is 0 Å². The SMILES string of the molecule is Cc1ccccc1-c1nn(-c2ccsc2)c2c(=O)[nH]cc(Br)c12. The number of benzene rings is 1. The fourth-order valence-electron chi connectivity index (χ4n) is 2.72. The minimum Gasteiger partial charge on any atom is -0.326 e. The largest absolute Gasteiger partial charge is 0.326 e. The Balaban J connectivity index is 2.17. The van der Waals surface area contributed by atoms with Crippen molar-refractivity contribution in [3.05, 3.63) is 67.7 Å². The number of nitrogens with zero attached hydrogens (tertiary/aromatic N) is 2. The number of aryl methyl sites for hydroxylation is 1. The second-order valence-electron chi connectivity index (χ2n) is 5.25. The number of rotatable bonds is 2. The molecule has 0 radical (unpaired) electrons. The van der Waals surface area contributed by atoms with Gasteiger partial charge in [-0.15, -0.1) is 0 Å². The predicted octanol–water partition coefficient (Wildman–Crippen LogP) is 4.51. The van der Waals surface area contributed by atoms with Crippen molar-refractivity contribution in [2.45, 2.75) is 6.92 Å². The minimum atomic E-state index is -0.151. The van der Waals surface area contributed by atoms with Crippen LogP contribution < -0.4 is 5.56 Å². The quantitative estimate of drug-likeness (QED) is 0.551. The molecule has 23 heavy (non-hydrogen) atoms. The Hall–Kier alpha value is -2.18. The summed E-state index contributed by atoms with van der Waals surface area (Å²) in [4.78, 5) is 15.2. The third kappa shape index (κ3) is 2.26. The summed E-state index contributed by atoms with van der Waals surface area (Å²) in [5.74, 6) is 0. The molecule has 4 aromatic rings. The molecular weight excluding hydrogens is 374 g/mol. The molecule has 114 valence electrons. The van der Waals surface area contributed by atoms with Crippen LogP contribution in [0.25, 0.3) is 27.8 Å². The number of halogens is 1. The molecule has 0 saturated heterocycles. The van der Waals surface area contributed by atoms with Gasteiger partial charge < -0.3 is 4.98 Å². The van der Waals surface area contributed by atoms with Gasteiger partial charge in [0, 0.05) is 27.0 Å². The van der Waals surface area contributed by atoms with Crippen molar-refractivity contribution in [2.75, 3.05) is 0 Å². The fourth-order valence-corrected chi connectivity index (χ4v) is 3.82. The normalized spacial score (nSPS) is 11.2. The zero-order chi connectivity index (χ0) is 16.0. The van der Waals surface area contributed by atoms with Gasteiger partial charge in [0.15, 0.2) is 0 Å². The maximum atomic E-state index is 12.4. The summed E-state index contributed by atoms with van der Waals surface area (Å²) in [6.45, 7) is 2.05. The Morgan fingerprint density at radius 3 is 2.83 bits per heavy atom. The van der Waals surface area contributed by atoms with Crippen molar-refractivity contribution >= 4 is 38.2 Å². The van der Waals surface area contributed by atoms with Gasteiger partial charge in [-0.1, -0.05) is 24.3 Å². The van der Waals surface area contributed by atoms with Crippen LogP contribution in [0.4, 0.5) is 0 Å². The van der Waals surface area contributed by atoms with Crippen LogP contribution in [0.3, 0.4) is 0 Å². The lowest BCUT2D eigenvalue weighted by Gasteiger charge is -2.03. The average Bonchev–Trinajstić information content (AvgIpc) is 3.19. The highest BCUT2D eigenvalue weighted by molar-refractivity contribution is 9.10. The Labute approximate surface area is 144 Å². The number of hydrogen-bond donors (Lipinski definition) is 1. The van der Waals surface area contributed by atoms with Crippen molar-refractivity contribution in [1.29, 1.82) is 0 Å². The Morgan fingerprint density at radius 2 is 2.09 bits per heavy atom. The zero-order valence-corrected chi connectivity index (χ0v) is 14.6. The van der Waals surface area contributed by atoms with E-state index in [-0.39, 0.29) is 5.56 Å². The van der Waals surface area contributed by atoms with Gasteiger partial charge in [-0.05, 0) is 39.9 Å². The Kier molecular flexibility index (Phi) is 3.43. The van der Waals surface area contributed by atoms with E-state index in [1.165, 1.54) is 0 Å². The molecule has 0 atom stereocenters. The molecule has 0 aliphatic heterocycles. The first-order valence-corrected chi connectivity index (χ1v) is 8.79. The molecule has 0 unspecified atom stereocenters. The standard InChI is InChI=1S/C17H12BrN3OS/c1-10-4-2-3-5-12(10)15-14-13(18)8-19-17(22)16(14)21(20-15)11-6-7-23-9-11/h2-9H,1H3,(H,19,22). The van der Waals surface area contributed by atoms with Gasteiger partial charge in [0.1, 0.15) is 11.2 Å². The van der Waals surface area contributed by atoms with E-state index >= 15 is 0 Å². The van der Waals surface area contributed by atoms with Crippen molar-refractivity contribution in [3.63, 3.8) is 0 Å². The summed E-state index contributed by atoms with van der Waals surface area (Å²) >= 11 is 5.14. The molecule has 0 fully saturated rings. The van der Waals surface area contributed by atoms with Crippen molar-refractivity contribution in [1.82, 2.24) is 14.8 Å². The highest BCUT2D eigenvalue weighted by Crippen LogP contribution is 2.34. The summed E-state index contributed by atoms with van der Waals surface area (Å²) in [6.07, 6.45) is 1.67. The van der Waals surface area contributed by atoms with Crippen LogP contribution >= 0.6 is 27.3 Å². The van der Waals surface area contributed by atoms with E-state index in [4.69, 9.17) is 5.10 Å². The molecule has 3 aromatic heterocycles. The van der Waals surface area contributed by atoms with Crippen molar-refractivity contribution in [2.24, 2.45) is 0 Å². The van der Waals surface area contributed by atoms with E-state index in [0.29, 0.717) is 5.52 Å². The lowest BCUT2D eigenvalue weighted by atomic mass is 10.0. The molecule has 4 rings (SSSR count). The molecule has 3 heterocycles. The molecule has 0 saturated carbocycles. The van der Waals surface area contributed by atoms with Crippen molar-refractivity contribution < 1.29 is 0 Å². The van der Waals surface area contributed by atoms with E-state index in [1.54, 1.807) is 22.2 Å². The minimum absolute atomic E-state index is 0.151. The van der Waals surface area contributed by atoms with Gasteiger partial charge in [0.05, 0.1) is 5.69 Å². The topological polar surface area (TPSA) is 50.7 Å². The number of hydrogen-bond acceptors (Lipinski definition) is 3. The molecule has 0 bridgehead atoms. The molecule has 6 heteroatoms. The maximum absolute atomic E-state index is 12.4. The second kappa shape index (κ2) is 5.47. The fraction of sp³-hybridized carbons (Fsp3) is 0.0588. The highest BCUT2D eigenvalue weighted by Gasteiger charge is 2.19. The Bertz CT molecular complexity index is 1060. The summed E-state index contributed by atoms with van der Waals surface area (Å²) in [7, 11) is 0. The molecule has 0 amide bonds. The van der Waals surface area contributed by atoms with Gasteiger partial charge >= 0.3 is 0 Å². The summed E-state index contributed by atoms with van der Waals surface area (Å²) in [5.41, 5.74) is 4.25. The van der Waals surface area contributed by atoms with Crippen LogP contribution in [0, 0.1) is 6.92 Å². The number of nitrogens with one attached hydrogen (secondary N) is 1. The first kappa shape index (κ1) is 14.4. The molecule has 0 aliphatic rings. The molecule has 0 aliphatic carbocycles. The van der Waals surface area contributed by atoms with E-state index in [0.717, 1.165) is 32.4 Å². The lowest BCUT2D eigenvalue weighted by molar-refractivity contribution is 0.912. The zero-order valence-electron chi connectivity index (χ0n) is 12.2. The third-order valence-electron chi connectivity index (χ3n) is 3.82. The van der Waals surface area contributed by atoms with E-state index in [1.807, 2.05) is 48.0 Å². The molecule has 1 aromatic carbocycles. The van der Waals surface area contributed by atoms with E-state index in [2.05, 4.69) is 20.9 Å². The first-order chi connectivity index (χ1) is 11.2. The maximum Gasteiger partial charge on any atom is 0.274 e. The van der Waals surface area contributed by atoms with Crippen LogP contribution in [0.1, 0.15) is 5.56 Å². The molecular formula is C17H12BrN3OS. The molecule has 4 nitrogen and oxygen atoms in total. The third-order valence-corrected chi connectivity index (χ3v) is 5.12. The van der Waals surface area contributed by atoms with Gasteiger partial charge in [-0.2, -0.15) is 16.4 Å². The van der Waals surface area contributed by atoms with Crippen LogP contribution in [0.2, 0.25) is 0 Å². The number of aromatic amines is 1. The lowest BCUT2D eigenvalue weighted by Crippen LogP contribution is -2.10. The number of pyridine rings is 1. The number of fused-ring (bicyclic) bond motifs is 1. The number of H-pyrrole nitrogens is 1. The van der Waals surface area contributed by atoms with Gasteiger partial charge in [0.25, 0.3) is 5.56 Å². The van der Waals surface area contributed by atoms with Gasteiger partial charge in [-0.3, -0.25) is 4.79 Å². The second-order valence-corrected chi connectivity index (χ2v) is 6.88. The van der Waals surface area contributed by atoms with Gasteiger partial charge in [0.2, 0.25) is 0 Å². The van der Waals surface area contributed by atoms with Gasteiger partial charge in [-0.25, -0.2) is 4.68 Å². The number of aromatic nitrogens is 3. The molecule has 1 N–H and O–H groups in total. The average molecular weight is 386 g/mol. The predicted molar refractivity (Wildman–Crippen MR) is 97.4 cm³/mol. The summed E-state index contributed by atoms with van der Waals surface area (Å²) < 4.78 is 2.55. The smallest absolute Gasteiger partial charge is 0.274 e. The monoisotopic (exact) mass is 385 g/mol. The van der Waals surface area contributed by atoms with Crippen molar-refractivity contribution in [3.8, 4) is 16.9 Å².